The molecule has 0 aliphatic carbocycles. The van der Waals surface area contributed by atoms with E-state index in [0.29, 0.717) is 10.0 Å². The fourth-order valence-corrected chi connectivity index (χ4v) is 5.39. The van der Waals surface area contributed by atoms with Crippen molar-refractivity contribution in [2.24, 2.45) is 0 Å². The molecule has 4 rings (SSSR count). The quantitative estimate of drug-likeness (QED) is 0.169. The van der Waals surface area contributed by atoms with Crippen molar-refractivity contribution in [2.45, 2.75) is 48.8 Å². The van der Waals surface area contributed by atoms with Gasteiger partial charge in [0, 0.05) is 11.5 Å². The average Bonchev–Trinajstić information content (AvgIpc) is 3.32. The van der Waals surface area contributed by atoms with Gasteiger partial charge in [-0.3, -0.25) is 0 Å². The lowest BCUT2D eigenvalue weighted by atomic mass is 10.1. The molecular formula is C22H24Cl2N4S2. The average molecular weight is 480 g/mol. The monoisotopic (exact) mass is 478 g/mol. The van der Waals surface area contributed by atoms with Crippen molar-refractivity contribution >= 4 is 68.8 Å². The van der Waals surface area contributed by atoms with Gasteiger partial charge in [-0.1, -0.05) is 84.5 Å². The van der Waals surface area contributed by atoms with Crippen LogP contribution in [0.5, 0.6) is 0 Å². The number of hydrogen-bond acceptors (Lipinski definition) is 4. The van der Waals surface area contributed by atoms with E-state index in [-0.39, 0.29) is 0 Å². The first-order valence-electron chi connectivity index (χ1n) is 10.2. The maximum absolute atomic E-state index is 6.06. The zero-order valence-corrected chi connectivity index (χ0v) is 19.7. The van der Waals surface area contributed by atoms with E-state index in [1.54, 1.807) is 11.8 Å². The normalized spacial score (nSPS) is 11.7. The lowest BCUT2D eigenvalue weighted by Crippen LogP contribution is -1.86. The molecule has 0 bridgehead atoms. The fourth-order valence-electron chi connectivity index (χ4n) is 3.30. The minimum atomic E-state index is 0.545. The summed E-state index contributed by atoms with van der Waals surface area (Å²) < 4.78 is 0. The number of hydrogen-bond donors (Lipinski definition) is 2. The Bertz CT molecular complexity index is 1040. The third kappa shape index (κ3) is 5.88. The Balaban J connectivity index is 1.05. The minimum absolute atomic E-state index is 0.545. The van der Waals surface area contributed by atoms with Crippen LogP contribution in [0.3, 0.4) is 0 Å². The van der Waals surface area contributed by atoms with Crippen LogP contribution in [0.1, 0.15) is 38.5 Å². The van der Waals surface area contributed by atoms with Gasteiger partial charge in [-0.05, 0) is 37.1 Å². The summed E-state index contributed by atoms with van der Waals surface area (Å²) in [6.07, 6.45) is 7.58. The van der Waals surface area contributed by atoms with Crippen molar-refractivity contribution < 1.29 is 0 Å². The summed E-state index contributed by atoms with van der Waals surface area (Å²) in [5.41, 5.74) is 3.97. The fraction of sp³-hybridized carbons (Fsp3) is 0.364. The molecule has 8 heteroatoms. The number of halogens is 2. The van der Waals surface area contributed by atoms with Gasteiger partial charge in [0.05, 0.1) is 32.1 Å². The largest absolute Gasteiger partial charge is 0.333 e. The van der Waals surface area contributed by atoms with Gasteiger partial charge in [-0.25, -0.2) is 9.97 Å². The molecule has 0 radical (unpaired) electrons. The van der Waals surface area contributed by atoms with Gasteiger partial charge in [0.2, 0.25) is 0 Å². The molecule has 4 aromatic rings. The van der Waals surface area contributed by atoms with Crippen LogP contribution in [0.25, 0.3) is 22.1 Å². The molecule has 2 heterocycles. The predicted octanol–water partition coefficient (Wildman–Crippen LogP) is 7.97. The smallest absolute Gasteiger partial charge is 0.166 e. The Morgan fingerprint density at radius 1 is 0.667 bits per heavy atom. The zero-order valence-electron chi connectivity index (χ0n) is 16.6. The summed E-state index contributed by atoms with van der Waals surface area (Å²) in [6, 6.07) is 11.8. The maximum atomic E-state index is 6.06. The summed E-state index contributed by atoms with van der Waals surface area (Å²) in [6.45, 7) is 0. The molecule has 0 aliphatic heterocycles. The summed E-state index contributed by atoms with van der Waals surface area (Å²) in [7, 11) is 0. The van der Waals surface area contributed by atoms with Gasteiger partial charge in [-0.15, -0.1) is 0 Å². The third-order valence-electron chi connectivity index (χ3n) is 4.89. The first-order valence-corrected chi connectivity index (χ1v) is 13.0. The number of unbranched alkanes of at least 4 members (excludes halogenated alkanes) is 5. The molecule has 0 saturated carbocycles. The molecule has 0 amide bonds. The lowest BCUT2D eigenvalue weighted by Gasteiger charge is -2.01. The molecule has 0 unspecified atom stereocenters. The number of thioether (sulfide) groups is 2. The molecule has 2 aromatic carbocycles. The molecule has 0 saturated heterocycles. The highest BCUT2D eigenvalue weighted by Gasteiger charge is 2.07. The Hall–Kier alpha value is -1.34. The van der Waals surface area contributed by atoms with E-state index in [9.17, 15) is 0 Å². The summed E-state index contributed by atoms with van der Waals surface area (Å²) in [5, 5.41) is 3.07. The SMILES string of the molecule is Clc1cc2nc(SCCCCCCCCSc3nc4ccccc4[nH]3)[nH]c2cc1Cl. The van der Waals surface area contributed by atoms with E-state index in [0.717, 1.165) is 43.9 Å². The van der Waals surface area contributed by atoms with E-state index in [4.69, 9.17) is 23.2 Å². The van der Waals surface area contributed by atoms with E-state index in [2.05, 4.69) is 26.0 Å². The van der Waals surface area contributed by atoms with Crippen LogP contribution in [0.2, 0.25) is 10.0 Å². The minimum Gasteiger partial charge on any atom is -0.333 e. The number of rotatable bonds is 11. The lowest BCUT2D eigenvalue weighted by molar-refractivity contribution is 0.629. The molecule has 0 aliphatic rings. The van der Waals surface area contributed by atoms with Gasteiger partial charge in [0.1, 0.15) is 0 Å². The number of aromatic nitrogens is 4. The van der Waals surface area contributed by atoms with E-state index >= 15 is 0 Å². The standard InChI is InChI=1S/C22H24Cl2N4S2/c23-15-13-19-20(14-16(15)24)28-22(27-19)30-12-8-4-2-1-3-7-11-29-21-25-17-9-5-6-10-18(17)26-21/h5-6,9-10,13-14H,1-4,7-8,11-12H2,(H,25,26)(H,27,28). The van der Waals surface area contributed by atoms with Gasteiger partial charge in [0.15, 0.2) is 10.3 Å². The van der Waals surface area contributed by atoms with Gasteiger partial charge in [-0.2, -0.15) is 0 Å². The topological polar surface area (TPSA) is 57.4 Å². The molecule has 0 atom stereocenters. The summed E-state index contributed by atoms with van der Waals surface area (Å²) in [4.78, 5) is 15.9. The molecule has 30 heavy (non-hydrogen) atoms. The Labute approximate surface area is 194 Å². The number of aromatic amines is 2. The second kappa shape index (κ2) is 10.8. The highest BCUT2D eigenvalue weighted by Crippen LogP contribution is 2.29. The van der Waals surface area contributed by atoms with E-state index in [1.807, 2.05) is 42.1 Å². The van der Waals surface area contributed by atoms with Crippen molar-refractivity contribution in [3.05, 3.63) is 46.4 Å². The van der Waals surface area contributed by atoms with Crippen LogP contribution in [0.4, 0.5) is 0 Å². The number of H-pyrrole nitrogens is 2. The molecular weight excluding hydrogens is 455 g/mol. The first kappa shape index (κ1) is 21.9. The molecule has 0 spiro atoms. The zero-order chi connectivity index (χ0) is 20.8. The molecule has 0 fully saturated rings. The number of benzene rings is 2. The number of para-hydroxylation sites is 2. The van der Waals surface area contributed by atoms with Crippen molar-refractivity contribution in [1.29, 1.82) is 0 Å². The van der Waals surface area contributed by atoms with Crippen LogP contribution in [-0.4, -0.2) is 31.4 Å². The Morgan fingerprint density at radius 3 is 1.93 bits per heavy atom. The second-order valence-corrected chi connectivity index (χ2v) is 10.2. The highest BCUT2D eigenvalue weighted by atomic mass is 35.5. The second-order valence-electron chi connectivity index (χ2n) is 7.20. The molecule has 158 valence electrons. The molecule has 4 nitrogen and oxygen atoms in total. The van der Waals surface area contributed by atoms with Crippen molar-refractivity contribution in [3.8, 4) is 0 Å². The maximum Gasteiger partial charge on any atom is 0.166 e. The van der Waals surface area contributed by atoms with Crippen LogP contribution in [0, 0.1) is 0 Å². The van der Waals surface area contributed by atoms with Crippen LogP contribution in [-0.2, 0) is 0 Å². The highest BCUT2D eigenvalue weighted by molar-refractivity contribution is 7.99. The molecule has 2 N–H and O–H groups in total. The first-order chi connectivity index (χ1) is 14.7. The van der Waals surface area contributed by atoms with Gasteiger partial charge in [0.25, 0.3) is 0 Å². The van der Waals surface area contributed by atoms with E-state index in [1.165, 1.54) is 38.5 Å². The number of imidazole rings is 2. The van der Waals surface area contributed by atoms with Gasteiger partial charge >= 0.3 is 0 Å². The van der Waals surface area contributed by atoms with Crippen molar-refractivity contribution in [1.82, 2.24) is 19.9 Å². The predicted molar refractivity (Wildman–Crippen MR) is 131 cm³/mol. The van der Waals surface area contributed by atoms with Crippen LogP contribution in [0.15, 0.2) is 46.7 Å². The third-order valence-corrected chi connectivity index (χ3v) is 7.53. The van der Waals surface area contributed by atoms with Crippen LogP contribution >= 0.6 is 46.7 Å². The van der Waals surface area contributed by atoms with Crippen LogP contribution < -0.4 is 0 Å². The van der Waals surface area contributed by atoms with Crippen molar-refractivity contribution in [3.63, 3.8) is 0 Å². The molecule has 2 aromatic heterocycles. The van der Waals surface area contributed by atoms with E-state index < -0.39 is 0 Å². The number of nitrogens with one attached hydrogen (secondary N) is 2. The number of nitrogens with zero attached hydrogens (tertiary/aromatic N) is 2. The summed E-state index contributed by atoms with van der Waals surface area (Å²) in [5.74, 6) is 2.19. The Kier molecular flexibility index (Phi) is 7.88. The van der Waals surface area contributed by atoms with Crippen molar-refractivity contribution in [2.75, 3.05) is 11.5 Å². The summed E-state index contributed by atoms with van der Waals surface area (Å²) >= 11 is 15.7. The Morgan fingerprint density at radius 2 is 1.23 bits per heavy atom. The van der Waals surface area contributed by atoms with Gasteiger partial charge < -0.3 is 9.97 Å². The number of fused-ring (bicyclic) bond motifs is 2.